The lowest BCUT2D eigenvalue weighted by atomic mass is 10.2. The van der Waals surface area contributed by atoms with Crippen molar-refractivity contribution in [1.29, 1.82) is 0 Å². The van der Waals surface area contributed by atoms with E-state index in [1.807, 2.05) is 37.4 Å². The monoisotopic (exact) mass is 250 g/mol. The van der Waals surface area contributed by atoms with Crippen molar-refractivity contribution in [1.82, 2.24) is 9.97 Å². The van der Waals surface area contributed by atoms with Crippen molar-refractivity contribution in [3.05, 3.63) is 55.0 Å². The number of benzene rings is 1. The van der Waals surface area contributed by atoms with E-state index in [0.717, 1.165) is 28.0 Å². The minimum absolute atomic E-state index is 0.947. The van der Waals surface area contributed by atoms with Crippen LogP contribution in [0.4, 0.5) is 17.1 Å². The standard InChI is InChI=1S/C15H14N4/c1-16-11-8-12(10-17-9-11)19-15-6-2-5-14-13(15)4-3-7-18-14/h2-10,16,19H,1H3. The Labute approximate surface area is 111 Å². The molecule has 0 bridgehead atoms. The molecular formula is C15H14N4. The Morgan fingerprint density at radius 1 is 1.00 bits per heavy atom. The van der Waals surface area contributed by atoms with E-state index in [1.165, 1.54) is 0 Å². The van der Waals surface area contributed by atoms with E-state index in [0.29, 0.717) is 0 Å². The fraction of sp³-hybridized carbons (Fsp3) is 0.0667. The highest BCUT2D eigenvalue weighted by Crippen LogP contribution is 2.25. The van der Waals surface area contributed by atoms with Gasteiger partial charge in [0.05, 0.1) is 29.3 Å². The number of hydrogen-bond donors (Lipinski definition) is 2. The smallest absolute Gasteiger partial charge is 0.0722 e. The number of aromatic nitrogens is 2. The molecule has 3 rings (SSSR count). The molecule has 0 atom stereocenters. The van der Waals surface area contributed by atoms with E-state index in [4.69, 9.17) is 0 Å². The lowest BCUT2D eigenvalue weighted by Crippen LogP contribution is -1.95. The van der Waals surface area contributed by atoms with Crippen LogP contribution < -0.4 is 10.6 Å². The van der Waals surface area contributed by atoms with Gasteiger partial charge in [-0.2, -0.15) is 0 Å². The summed E-state index contributed by atoms with van der Waals surface area (Å²) >= 11 is 0. The third-order valence-corrected chi connectivity index (χ3v) is 2.95. The normalized spacial score (nSPS) is 10.4. The summed E-state index contributed by atoms with van der Waals surface area (Å²) in [6.45, 7) is 0. The zero-order valence-corrected chi connectivity index (χ0v) is 10.6. The van der Waals surface area contributed by atoms with Crippen LogP contribution in [0, 0.1) is 0 Å². The van der Waals surface area contributed by atoms with E-state index < -0.39 is 0 Å². The van der Waals surface area contributed by atoms with Crippen molar-refractivity contribution in [2.45, 2.75) is 0 Å². The minimum atomic E-state index is 0.947. The van der Waals surface area contributed by atoms with Crippen molar-refractivity contribution in [3.63, 3.8) is 0 Å². The van der Waals surface area contributed by atoms with Crippen LogP contribution in [0.3, 0.4) is 0 Å². The van der Waals surface area contributed by atoms with Crippen molar-refractivity contribution in [3.8, 4) is 0 Å². The first-order chi connectivity index (χ1) is 9.36. The molecule has 4 heteroatoms. The van der Waals surface area contributed by atoms with Gasteiger partial charge in [-0.3, -0.25) is 9.97 Å². The summed E-state index contributed by atoms with van der Waals surface area (Å²) < 4.78 is 0. The van der Waals surface area contributed by atoms with Crippen LogP contribution in [0.2, 0.25) is 0 Å². The summed E-state index contributed by atoms with van der Waals surface area (Å²) in [6, 6.07) is 12.0. The topological polar surface area (TPSA) is 49.8 Å². The summed E-state index contributed by atoms with van der Waals surface area (Å²) in [7, 11) is 1.88. The number of fused-ring (bicyclic) bond motifs is 1. The summed E-state index contributed by atoms with van der Waals surface area (Å²) in [6.07, 6.45) is 5.39. The van der Waals surface area contributed by atoms with E-state index in [9.17, 15) is 0 Å². The fourth-order valence-corrected chi connectivity index (χ4v) is 2.01. The lowest BCUT2D eigenvalue weighted by molar-refractivity contribution is 1.31. The second kappa shape index (κ2) is 4.94. The first-order valence-corrected chi connectivity index (χ1v) is 6.10. The highest BCUT2D eigenvalue weighted by Gasteiger charge is 2.02. The van der Waals surface area contributed by atoms with Crippen molar-refractivity contribution >= 4 is 28.0 Å². The molecule has 0 radical (unpaired) electrons. The van der Waals surface area contributed by atoms with Crippen LogP contribution in [0.5, 0.6) is 0 Å². The molecule has 0 unspecified atom stereocenters. The predicted molar refractivity (Wildman–Crippen MR) is 78.8 cm³/mol. The van der Waals surface area contributed by atoms with Crippen LogP contribution in [0.15, 0.2) is 55.0 Å². The Morgan fingerprint density at radius 2 is 1.89 bits per heavy atom. The van der Waals surface area contributed by atoms with E-state index in [2.05, 4.69) is 26.7 Å². The lowest BCUT2D eigenvalue weighted by Gasteiger charge is -2.10. The van der Waals surface area contributed by atoms with E-state index in [-0.39, 0.29) is 0 Å². The van der Waals surface area contributed by atoms with E-state index >= 15 is 0 Å². The molecule has 0 saturated carbocycles. The summed E-state index contributed by atoms with van der Waals surface area (Å²) in [5.74, 6) is 0. The summed E-state index contributed by atoms with van der Waals surface area (Å²) in [5, 5.41) is 7.55. The summed E-state index contributed by atoms with van der Waals surface area (Å²) in [5.41, 5.74) is 3.93. The quantitative estimate of drug-likeness (QED) is 0.748. The van der Waals surface area contributed by atoms with E-state index in [1.54, 1.807) is 18.6 Å². The minimum Gasteiger partial charge on any atom is -0.387 e. The van der Waals surface area contributed by atoms with Crippen LogP contribution in [-0.2, 0) is 0 Å². The molecule has 19 heavy (non-hydrogen) atoms. The van der Waals surface area contributed by atoms with Crippen LogP contribution in [0.1, 0.15) is 0 Å². The second-order valence-electron chi connectivity index (χ2n) is 4.21. The number of nitrogens with zero attached hydrogens (tertiary/aromatic N) is 2. The predicted octanol–water partition coefficient (Wildman–Crippen LogP) is 3.42. The van der Waals surface area contributed by atoms with Crippen molar-refractivity contribution in [2.75, 3.05) is 17.7 Å². The first-order valence-electron chi connectivity index (χ1n) is 6.10. The van der Waals surface area contributed by atoms with Gasteiger partial charge in [0.25, 0.3) is 0 Å². The average molecular weight is 250 g/mol. The molecule has 0 fully saturated rings. The zero-order valence-electron chi connectivity index (χ0n) is 10.6. The van der Waals surface area contributed by atoms with Gasteiger partial charge in [0.1, 0.15) is 0 Å². The molecule has 0 amide bonds. The highest BCUT2D eigenvalue weighted by molar-refractivity contribution is 5.93. The van der Waals surface area contributed by atoms with Gasteiger partial charge in [-0.1, -0.05) is 6.07 Å². The molecule has 4 nitrogen and oxygen atoms in total. The molecule has 0 aliphatic heterocycles. The van der Waals surface area contributed by atoms with Crippen molar-refractivity contribution in [2.24, 2.45) is 0 Å². The van der Waals surface area contributed by atoms with Gasteiger partial charge in [0.15, 0.2) is 0 Å². The molecule has 2 heterocycles. The molecule has 1 aromatic carbocycles. The maximum Gasteiger partial charge on any atom is 0.0722 e. The Kier molecular flexibility index (Phi) is 2.98. The molecule has 2 N–H and O–H groups in total. The third kappa shape index (κ3) is 2.33. The highest BCUT2D eigenvalue weighted by atomic mass is 14.9. The largest absolute Gasteiger partial charge is 0.387 e. The zero-order chi connectivity index (χ0) is 13.1. The van der Waals surface area contributed by atoms with Gasteiger partial charge in [0.2, 0.25) is 0 Å². The average Bonchev–Trinajstić information content (AvgIpc) is 2.48. The Morgan fingerprint density at radius 3 is 2.79 bits per heavy atom. The molecule has 94 valence electrons. The van der Waals surface area contributed by atoms with Gasteiger partial charge in [-0.25, -0.2) is 0 Å². The number of rotatable bonds is 3. The van der Waals surface area contributed by atoms with Crippen LogP contribution in [-0.4, -0.2) is 17.0 Å². The molecule has 0 aliphatic carbocycles. The molecule has 2 aromatic heterocycles. The Balaban J connectivity index is 2.01. The Hall–Kier alpha value is -2.62. The first kappa shape index (κ1) is 11.5. The molecule has 0 spiro atoms. The number of hydrogen-bond acceptors (Lipinski definition) is 4. The Bertz CT molecular complexity index is 704. The number of pyridine rings is 2. The van der Waals surface area contributed by atoms with Gasteiger partial charge in [-0.15, -0.1) is 0 Å². The van der Waals surface area contributed by atoms with Crippen LogP contribution in [0.25, 0.3) is 10.9 Å². The van der Waals surface area contributed by atoms with Crippen molar-refractivity contribution < 1.29 is 0 Å². The number of anilines is 3. The van der Waals surface area contributed by atoms with Gasteiger partial charge < -0.3 is 10.6 Å². The summed E-state index contributed by atoms with van der Waals surface area (Å²) in [4.78, 5) is 8.54. The van der Waals surface area contributed by atoms with Gasteiger partial charge >= 0.3 is 0 Å². The molecule has 0 aliphatic rings. The van der Waals surface area contributed by atoms with Gasteiger partial charge in [0, 0.05) is 24.3 Å². The molecule has 3 aromatic rings. The molecule has 0 saturated heterocycles. The maximum absolute atomic E-state index is 4.35. The van der Waals surface area contributed by atoms with Crippen LogP contribution >= 0.6 is 0 Å². The maximum atomic E-state index is 4.35. The third-order valence-electron chi connectivity index (χ3n) is 2.95. The molecular weight excluding hydrogens is 236 g/mol. The fourth-order valence-electron chi connectivity index (χ4n) is 2.01. The number of nitrogens with one attached hydrogen (secondary N) is 2. The van der Waals surface area contributed by atoms with Gasteiger partial charge in [-0.05, 0) is 30.3 Å². The SMILES string of the molecule is CNc1cncc(Nc2cccc3ncccc23)c1. The second-order valence-corrected chi connectivity index (χ2v) is 4.21.